The molecule has 1 aromatic heterocycles. The molecule has 1 aromatic carbocycles. The minimum atomic E-state index is -0.261. The van der Waals surface area contributed by atoms with Crippen molar-refractivity contribution >= 4 is 17.6 Å². The topological polar surface area (TPSA) is 79.3 Å². The first kappa shape index (κ1) is 20.5. The molecule has 0 fully saturated rings. The van der Waals surface area contributed by atoms with Crippen LogP contribution in [0, 0.1) is 5.92 Å². The summed E-state index contributed by atoms with van der Waals surface area (Å²) in [4.78, 5) is 29.5. The molecule has 2 N–H and O–H groups in total. The number of aryl methyl sites for hydroxylation is 1. The van der Waals surface area contributed by atoms with E-state index in [1.807, 2.05) is 24.3 Å². The number of amides is 3. The first-order valence-corrected chi connectivity index (χ1v) is 9.18. The van der Waals surface area contributed by atoms with Crippen LogP contribution in [0.25, 0.3) is 0 Å². The minimum absolute atomic E-state index is 0.105. The number of nitrogens with zero attached hydrogens (tertiary/aromatic N) is 3. The van der Waals surface area contributed by atoms with Crippen molar-refractivity contribution in [2.75, 3.05) is 19.4 Å². The molecule has 7 heteroatoms. The largest absolute Gasteiger partial charge is 0.349 e. The zero-order chi connectivity index (χ0) is 19.8. The lowest BCUT2D eigenvalue weighted by Crippen LogP contribution is -2.29. The van der Waals surface area contributed by atoms with Gasteiger partial charge in [-0.25, -0.2) is 9.78 Å². The lowest BCUT2D eigenvalue weighted by Gasteiger charge is -2.12. The Hall–Kier alpha value is -2.83. The van der Waals surface area contributed by atoms with Crippen LogP contribution in [-0.4, -0.2) is 40.5 Å². The summed E-state index contributed by atoms with van der Waals surface area (Å²) in [5, 5.41) is 5.67. The van der Waals surface area contributed by atoms with E-state index in [9.17, 15) is 9.59 Å². The van der Waals surface area contributed by atoms with Gasteiger partial charge in [0.2, 0.25) is 5.91 Å². The summed E-state index contributed by atoms with van der Waals surface area (Å²) in [6, 6.07) is 7.28. The number of rotatable bonds is 8. The van der Waals surface area contributed by atoms with E-state index < -0.39 is 0 Å². The smallest absolute Gasteiger partial charge is 0.319 e. The van der Waals surface area contributed by atoms with Gasteiger partial charge in [0.1, 0.15) is 0 Å². The van der Waals surface area contributed by atoms with E-state index >= 15 is 0 Å². The molecule has 146 valence electrons. The lowest BCUT2D eigenvalue weighted by atomic mass is 10.1. The third kappa shape index (κ3) is 6.77. The van der Waals surface area contributed by atoms with E-state index in [1.165, 1.54) is 0 Å². The third-order valence-corrected chi connectivity index (χ3v) is 4.13. The van der Waals surface area contributed by atoms with Gasteiger partial charge < -0.3 is 20.1 Å². The van der Waals surface area contributed by atoms with Crippen LogP contribution < -0.4 is 10.6 Å². The summed E-state index contributed by atoms with van der Waals surface area (Å²) >= 11 is 0. The van der Waals surface area contributed by atoms with Crippen LogP contribution >= 0.6 is 0 Å². The van der Waals surface area contributed by atoms with Gasteiger partial charge in [-0.1, -0.05) is 26.0 Å². The predicted octanol–water partition coefficient (Wildman–Crippen LogP) is 2.88. The maximum atomic E-state index is 12.1. The van der Waals surface area contributed by atoms with Crippen LogP contribution in [0.5, 0.6) is 0 Å². The van der Waals surface area contributed by atoms with Gasteiger partial charge in [0, 0.05) is 38.9 Å². The molecule has 0 aliphatic carbocycles. The third-order valence-electron chi connectivity index (χ3n) is 4.13. The minimum Gasteiger partial charge on any atom is -0.349 e. The second kappa shape index (κ2) is 9.75. The van der Waals surface area contributed by atoms with Gasteiger partial charge in [-0.15, -0.1) is 0 Å². The van der Waals surface area contributed by atoms with E-state index in [1.54, 1.807) is 31.5 Å². The van der Waals surface area contributed by atoms with Crippen molar-refractivity contribution in [3.05, 3.63) is 48.0 Å². The van der Waals surface area contributed by atoms with Crippen LogP contribution in [0.3, 0.4) is 0 Å². The van der Waals surface area contributed by atoms with Gasteiger partial charge in [0.25, 0.3) is 0 Å². The van der Waals surface area contributed by atoms with E-state index in [0.717, 1.165) is 17.8 Å². The zero-order valence-electron chi connectivity index (χ0n) is 16.5. The molecule has 0 spiro atoms. The predicted molar refractivity (Wildman–Crippen MR) is 106 cm³/mol. The number of aromatic nitrogens is 2. The van der Waals surface area contributed by atoms with Crippen molar-refractivity contribution < 1.29 is 9.59 Å². The molecule has 27 heavy (non-hydrogen) atoms. The van der Waals surface area contributed by atoms with Crippen molar-refractivity contribution in [3.63, 3.8) is 0 Å². The van der Waals surface area contributed by atoms with E-state index in [4.69, 9.17) is 0 Å². The molecule has 0 aliphatic heterocycles. The number of urea groups is 1. The molecule has 0 unspecified atom stereocenters. The van der Waals surface area contributed by atoms with Crippen molar-refractivity contribution in [2.24, 2.45) is 5.92 Å². The van der Waals surface area contributed by atoms with E-state index in [-0.39, 0.29) is 11.9 Å². The fourth-order valence-electron chi connectivity index (χ4n) is 2.63. The number of nitrogens with one attached hydrogen (secondary N) is 2. The Morgan fingerprint density at radius 2 is 1.89 bits per heavy atom. The van der Waals surface area contributed by atoms with Gasteiger partial charge in [0.05, 0.1) is 18.6 Å². The van der Waals surface area contributed by atoms with E-state index in [0.29, 0.717) is 31.0 Å². The van der Waals surface area contributed by atoms with Crippen LogP contribution in [0.1, 0.15) is 31.5 Å². The Morgan fingerprint density at radius 1 is 1.19 bits per heavy atom. The summed E-state index contributed by atoms with van der Waals surface area (Å²) in [7, 11) is 3.51. The highest BCUT2D eigenvalue weighted by molar-refractivity contribution is 5.89. The van der Waals surface area contributed by atoms with Crippen molar-refractivity contribution in [3.8, 4) is 0 Å². The van der Waals surface area contributed by atoms with E-state index in [2.05, 4.69) is 34.0 Å². The van der Waals surface area contributed by atoms with Crippen LogP contribution in [0.15, 0.2) is 36.8 Å². The number of benzene rings is 1. The summed E-state index contributed by atoms with van der Waals surface area (Å²) in [5.74, 6) is 0.617. The molecule has 2 aromatic rings. The number of imidazole rings is 1. The molecule has 0 bridgehead atoms. The van der Waals surface area contributed by atoms with Crippen molar-refractivity contribution in [1.82, 2.24) is 19.8 Å². The Morgan fingerprint density at radius 3 is 2.52 bits per heavy atom. The number of hydrogen-bond donors (Lipinski definition) is 2. The second-order valence-corrected chi connectivity index (χ2v) is 7.22. The summed E-state index contributed by atoms with van der Waals surface area (Å²) in [5.41, 5.74) is 2.75. The first-order chi connectivity index (χ1) is 12.8. The standard InChI is InChI=1S/C20H29N5O2/c1-15(2)13-25-14-21-11-18(25)12-22-20(27)23-17-8-5-16(6-9-17)7-10-19(26)24(3)4/h5-6,8-9,11,14-15H,7,10,12-13H2,1-4H3,(H2,22,23,27). The van der Waals surface area contributed by atoms with Crippen molar-refractivity contribution in [1.29, 1.82) is 0 Å². The van der Waals surface area contributed by atoms with Crippen molar-refractivity contribution in [2.45, 2.75) is 39.8 Å². The highest BCUT2D eigenvalue weighted by Gasteiger charge is 2.08. The lowest BCUT2D eigenvalue weighted by molar-refractivity contribution is -0.128. The highest BCUT2D eigenvalue weighted by atomic mass is 16.2. The molecular formula is C20H29N5O2. The van der Waals surface area contributed by atoms with Gasteiger partial charge in [-0.3, -0.25) is 4.79 Å². The fourth-order valence-corrected chi connectivity index (χ4v) is 2.63. The average Bonchev–Trinajstić information content (AvgIpc) is 3.05. The molecule has 0 atom stereocenters. The Balaban J connectivity index is 1.80. The number of carbonyl (C=O) groups excluding carboxylic acids is 2. The van der Waals surface area contributed by atoms with Crippen LogP contribution in [-0.2, 0) is 24.3 Å². The Bertz CT molecular complexity index is 750. The van der Waals surface area contributed by atoms with Crippen LogP contribution in [0.2, 0.25) is 0 Å². The maximum Gasteiger partial charge on any atom is 0.319 e. The molecule has 0 radical (unpaired) electrons. The molecule has 7 nitrogen and oxygen atoms in total. The zero-order valence-corrected chi connectivity index (χ0v) is 16.5. The highest BCUT2D eigenvalue weighted by Crippen LogP contribution is 2.12. The molecule has 1 heterocycles. The van der Waals surface area contributed by atoms with Crippen LogP contribution in [0.4, 0.5) is 10.5 Å². The Kier molecular flexibility index (Phi) is 7.40. The van der Waals surface area contributed by atoms with Gasteiger partial charge in [-0.2, -0.15) is 0 Å². The number of carbonyl (C=O) groups is 2. The summed E-state index contributed by atoms with van der Waals surface area (Å²) in [6.07, 6.45) is 4.72. The molecule has 0 saturated carbocycles. The second-order valence-electron chi connectivity index (χ2n) is 7.22. The summed E-state index contributed by atoms with van der Waals surface area (Å²) in [6.45, 7) is 5.58. The molecule has 0 aliphatic rings. The number of hydrogen-bond acceptors (Lipinski definition) is 3. The Labute approximate surface area is 160 Å². The average molecular weight is 371 g/mol. The first-order valence-electron chi connectivity index (χ1n) is 9.18. The quantitative estimate of drug-likeness (QED) is 0.749. The molecule has 2 rings (SSSR count). The normalized spacial score (nSPS) is 10.7. The number of anilines is 1. The van der Waals surface area contributed by atoms with Gasteiger partial charge in [-0.05, 0) is 30.0 Å². The summed E-state index contributed by atoms with van der Waals surface area (Å²) < 4.78 is 2.05. The molecule has 0 saturated heterocycles. The molecular weight excluding hydrogens is 342 g/mol. The fraction of sp³-hybridized carbons (Fsp3) is 0.450. The SMILES string of the molecule is CC(C)Cn1cncc1CNC(=O)Nc1ccc(CCC(=O)N(C)C)cc1. The van der Waals surface area contributed by atoms with Gasteiger partial charge >= 0.3 is 6.03 Å². The monoisotopic (exact) mass is 371 g/mol. The van der Waals surface area contributed by atoms with Gasteiger partial charge in [0.15, 0.2) is 0 Å². The maximum absolute atomic E-state index is 12.1. The molecule has 3 amide bonds.